The molecule has 2 N–H and O–H groups in total. The van der Waals surface area contributed by atoms with Gasteiger partial charge in [-0.3, -0.25) is 4.79 Å². The number of anilines is 1. The average Bonchev–Trinajstić information content (AvgIpc) is 3.07. The van der Waals surface area contributed by atoms with E-state index in [4.69, 9.17) is 23.8 Å². The van der Waals surface area contributed by atoms with Crippen molar-refractivity contribution in [3.63, 3.8) is 0 Å². The maximum atomic E-state index is 12.5. The molecule has 0 saturated heterocycles. The van der Waals surface area contributed by atoms with Gasteiger partial charge in [-0.1, -0.05) is 29.8 Å². The van der Waals surface area contributed by atoms with Crippen LogP contribution in [0.2, 0.25) is 5.02 Å². The molecule has 0 atom stereocenters. The zero-order valence-corrected chi connectivity index (χ0v) is 13.9. The minimum atomic E-state index is -0.385. The van der Waals surface area contributed by atoms with E-state index in [1.807, 2.05) is 30.3 Å². The summed E-state index contributed by atoms with van der Waals surface area (Å²) in [5.74, 6) is -0.522. The fourth-order valence-electron chi connectivity index (χ4n) is 2.10. The van der Waals surface area contributed by atoms with Gasteiger partial charge in [0.25, 0.3) is 0 Å². The van der Waals surface area contributed by atoms with E-state index >= 15 is 0 Å². The Kier molecular flexibility index (Phi) is 4.59. The predicted octanol–water partition coefficient (Wildman–Crippen LogP) is 3.72. The molecule has 1 aromatic heterocycles. The lowest BCUT2D eigenvalue weighted by molar-refractivity contribution is 0.103. The van der Waals surface area contributed by atoms with Crippen molar-refractivity contribution < 1.29 is 9.90 Å². The molecule has 0 aliphatic rings. The summed E-state index contributed by atoms with van der Waals surface area (Å²) in [6.45, 7) is 0. The number of benzene rings is 2. The van der Waals surface area contributed by atoms with E-state index in [2.05, 4.69) is 10.4 Å². The Balaban J connectivity index is 1.81. The first-order chi connectivity index (χ1) is 11.5. The molecule has 3 aromatic rings. The fraction of sp³-hybridized carbons (Fsp3) is 0. The molecular formula is C17H12ClN3O2S. The molecule has 1 heterocycles. The van der Waals surface area contributed by atoms with E-state index < -0.39 is 0 Å². The number of nitrogens with one attached hydrogen (secondary N) is 1. The Bertz CT molecular complexity index is 909. The molecule has 0 fully saturated rings. The second-order valence-corrected chi connectivity index (χ2v) is 5.78. The number of carbonyl (C=O) groups is 1. The predicted molar refractivity (Wildman–Crippen MR) is 96.8 cm³/mol. The van der Waals surface area contributed by atoms with Gasteiger partial charge in [0.1, 0.15) is 5.75 Å². The lowest BCUT2D eigenvalue weighted by atomic mass is 10.1. The summed E-state index contributed by atoms with van der Waals surface area (Å²) < 4.78 is 1.39. The van der Waals surface area contributed by atoms with Gasteiger partial charge in [0.05, 0.1) is 17.3 Å². The van der Waals surface area contributed by atoms with Crippen LogP contribution in [0.15, 0.2) is 60.9 Å². The molecule has 0 bridgehead atoms. The van der Waals surface area contributed by atoms with Gasteiger partial charge in [-0.2, -0.15) is 5.10 Å². The number of para-hydroxylation sites is 1. The molecule has 120 valence electrons. The van der Waals surface area contributed by atoms with Crippen LogP contribution >= 0.6 is 23.8 Å². The Hall–Kier alpha value is -2.70. The van der Waals surface area contributed by atoms with Crippen LogP contribution in [-0.4, -0.2) is 25.8 Å². The second kappa shape index (κ2) is 6.82. The summed E-state index contributed by atoms with van der Waals surface area (Å²) in [5.41, 5.74) is 1.23. The van der Waals surface area contributed by atoms with Crippen LogP contribution in [0.1, 0.15) is 15.9 Å². The highest BCUT2D eigenvalue weighted by molar-refractivity contribution is 7.80. The highest BCUT2D eigenvalue weighted by Gasteiger charge is 2.17. The first kappa shape index (κ1) is 16.2. The van der Waals surface area contributed by atoms with Crippen molar-refractivity contribution in [2.24, 2.45) is 0 Å². The number of phenols is 1. The summed E-state index contributed by atoms with van der Waals surface area (Å²) in [4.78, 5) is 12.5. The largest absolute Gasteiger partial charge is 0.507 e. The molecule has 0 spiro atoms. The topological polar surface area (TPSA) is 67.2 Å². The zero-order chi connectivity index (χ0) is 17.1. The van der Waals surface area contributed by atoms with Gasteiger partial charge in [-0.15, -0.1) is 0 Å². The van der Waals surface area contributed by atoms with Gasteiger partial charge in [-0.05, 0) is 42.5 Å². The maximum Gasteiger partial charge on any atom is 0.199 e. The van der Waals surface area contributed by atoms with Crippen molar-refractivity contribution >= 4 is 40.4 Å². The van der Waals surface area contributed by atoms with Gasteiger partial charge >= 0.3 is 0 Å². The van der Waals surface area contributed by atoms with E-state index in [1.54, 1.807) is 0 Å². The number of carbonyl (C=O) groups excluding carboxylic acids is 1. The van der Waals surface area contributed by atoms with Crippen LogP contribution in [-0.2, 0) is 0 Å². The normalized spacial score (nSPS) is 10.4. The van der Waals surface area contributed by atoms with E-state index in [-0.39, 0.29) is 17.1 Å². The number of halogens is 1. The van der Waals surface area contributed by atoms with Crippen LogP contribution < -0.4 is 5.32 Å². The number of rotatable bonds is 3. The lowest BCUT2D eigenvalue weighted by Gasteiger charge is -2.07. The SMILES string of the molecule is O=C(c1cnn(C(=S)Nc2ccccc2)c1)c1cc(Cl)ccc1O. The van der Waals surface area contributed by atoms with E-state index in [9.17, 15) is 9.90 Å². The number of hydrogen-bond donors (Lipinski definition) is 2. The number of nitrogens with zero attached hydrogens (tertiary/aromatic N) is 2. The van der Waals surface area contributed by atoms with Crippen LogP contribution in [0.4, 0.5) is 5.69 Å². The number of aromatic nitrogens is 2. The van der Waals surface area contributed by atoms with Crippen molar-refractivity contribution in [3.8, 4) is 5.75 Å². The number of ketones is 1. The second-order valence-electron chi connectivity index (χ2n) is 4.96. The fourth-order valence-corrected chi connectivity index (χ4v) is 2.49. The third kappa shape index (κ3) is 3.45. The molecule has 0 unspecified atom stereocenters. The van der Waals surface area contributed by atoms with Crippen LogP contribution in [0.25, 0.3) is 0 Å². The maximum absolute atomic E-state index is 12.5. The molecule has 0 saturated carbocycles. The van der Waals surface area contributed by atoms with E-state index in [0.29, 0.717) is 15.7 Å². The van der Waals surface area contributed by atoms with Crippen molar-refractivity contribution in [2.75, 3.05) is 5.32 Å². The van der Waals surface area contributed by atoms with Crippen molar-refractivity contribution in [1.29, 1.82) is 0 Å². The van der Waals surface area contributed by atoms with Gasteiger partial charge in [-0.25, -0.2) is 4.68 Å². The van der Waals surface area contributed by atoms with Gasteiger partial charge < -0.3 is 10.4 Å². The van der Waals surface area contributed by atoms with Gasteiger partial charge in [0.15, 0.2) is 10.9 Å². The average molecular weight is 358 g/mol. The summed E-state index contributed by atoms with van der Waals surface area (Å²) in [5, 5.41) is 17.6. The molecule has 0 radical (unpaired) electrons. The van der Waals surface area contributed by atoms with E-state index in [0.717, 1.165) is 5.69 Å². The number of phenolic OH excluding ortho intramolecular Hbond substituents is 1. The summed E-state index contributed by atoms with van der Waals surface area (Å²) >= 11 is 11.2. The molecule has 24 heavy (non-hydrogen) atoms. The van der Waals surface area contributed by atoms with Crippen LogP contribution in [0, 0.1) is 0 Å². The number of thiocarbonyl (C=S) groups is 1. The highest BCUT2D eigenvalue weighted by atomic mass is 35.5. The molecule has 7 heteroatoms. The molecule has 0 amide bonds. The Morgan fingerprint density at radius 2 is 1.96 bits per heavy atom. The quantitative estimate of drug-likeness (QED) is 0.552. The number of aromatic hydroxyl groups is 1. The molecule has 0 aliphatic carbocycles. The van der Waals surface area contributed by atoms with Crippen molar-refractivity contribution in [3.05, 3.63) is 77.1 Å². The number of hydrogen-bond acceptors (Lipinski definition) is 4. The minimum Gasteiger partial charge on any atom is -0.507 e. The summed E-state index contributed by atoms with van der Waals surface area (Å²) in [7, 11) is 0. The summed E-state index contributed by atoms with van der Waals surface area (Å²) in [6.07, 6.45) is 2.89. The van der Waals surface area contributed by atoms with Gasteiger partial charge in [0.2, 0.25) is 0 Å². The minimum absolute atomic E-state index is 0.115. The third-order valence-electron chi connectivity index (χ3n) is 3.28. The van der Waals surface area contributed by atoms with E-state index in [1.165, 1.54) is 35.3 Å². The van der Waals surface area contributed by atoms with Crippen LogP contribution in [0.3, 0.4) is 0 Å². The Morgan fingerprint density at radius 1 is 1.21 bits per heavy atom. The van der Waals surface area contributed by atoms with Crippen LogP contribution in [0.5, 0.6) is 5.75 Å². The monoisotopic (exact) mass is 357 g/mol. The highest BCUT2D eigenvalue weighted by Crippen LogP contribution is 2.24. The first-order valence-corrected chi connectivity index (χ1v) is 7.77. The van der Waals surface area contributed by atoms with Crippen molar-refractivity contribution in [1.82, 2.24) is 9.78 Å². The molecule has 0 aliphatic heterocycles. The molecule has 2 aromatic carbocycles. The van der Waals surface area contributed by atoms with Crippen molar-refractivity contribution in [2.45, 2.75) is 0 Å². The molecule has 3 rings (SSSR count). The third-order valence-corrected chi connectivity index (χ3v) is 3.81. The zero-order valence-electron chi connectivity index (χ0n) is 12.3. The summed E-state index contributed by atoms with van der Waals surface area (Å²) in [6, 6.07) is 13.7. The Labute approximate surface area is 148 Å². The lowest BCUT2D eigenvalue weighted by Crippen LogP contribution is -2.19. The molecular weight excluding hydrogens is 346 g/mol. The smallest absolute Gasteiger partial charge is 0.199 e. The standard InChI is InChI=1S/C17H12ClN3O2S/c18-12-6-7-15(22)14(8-12)16(23)11-9-19-21(10-11)17(24)20-13-4-2-1-3-5-13/h1-10,22H,(H,20,24). The first-order valence-electron chi connectivity index (χ1n) is 6.99. The van der Waals surface area contributed by atoms with Gasteiger partial charge in [0, 0.05) is 16.9 Å². The molecule has 5 nitrogen and oxygen atoms in total. The Morgan fingerprint density at radius 3 is 2.71 bits per heavy atom.